The Hall–Kier alpha value is -1.65. The normalized spacial score (nSPS) is 12.9. The highest BCUT2D eigenvalue weighted by Gasteiger charge is 2.20. The Morgan fingerprint density at radius 3 is 2.63 bits per heavy atom. The number of esters is 1. The molecule has 1 atom stereocenters. The lowest BCUT2D eigenvalue weighted by molar-refractivity contribution is -0.144. The van der Waals surface area contributed by atoms with Gasteiger partial charge in [-0.25, -0.2) is 9.97 Å². The molecule has 1 aromatic rings. The lowest BCUT2D eigenvalue weighted by Gasteiger charge is -2.23. The fourth-order valence-corrected chi connectivity index (χ4v) is 1.70. The minimum Gasteiger partial charge on any atom is -0.469 e. The second kappa shape index (κ2) is 5.99. The quantitative estimate of drug-likeness (QED) is 0.780. The fourth-order valence-electron chi connectivity index (χ4n) is 1.70. The third-order valence-electron chi connectivity index (χ3n) is 2.85. The van der Waals surface area contributed by atoms with Gasteiger partial charge in [0, 0.05) is 25.2 Å². The van der Waals surface area contributed by atoms with E-state index in [2.05, 4.69) is 30.7 Å². The van der Waals surface area contributed by atoms with Gasteiger partial charge in [0.15, 0.2) is 0 Å². The van der Waals surface area contributed by atoms with Gasteiger partial charge in [0.2, 0.25) is 0 Å². The Labute approximate surface area is 115 Å². The average Bonchev–Trinajstić information content (AvgIpc) is 2.36. The monoisotopic (exact) mass is 265 g/mol. The van der Waals surface area contributed by atoms with E-state index in [0.717, 1.165) is 11.6 Å². The summed E-state index contributed by atoms with van der Waals surface area (Å²) in [4.78, 5) is 22.2. The molecule has 0 saturated heterocycles. The molecule has 5 nitrogen and oxygen atoms in total. The molecule has 5 heteroatoms. The summed E-state index contributed by atoms with van der Waals surface area (Å²) in [6.07, 6.45) is 1.75. The van der Waals surface area contributed by atoms with Gasteiger partial charge < -0.3 is 9.64 Å². The summed E-state index contributed by atoms with van der Waals surface area (Å²) in [5, 5.41) is 0. The molecule has 1 heterocycles. The fraction of sp³-hybridized carbons (Fsp3) is 0.643. The van der Waals surface area contributed by atoms with E-state index >= 15 is 0 Å². The lowest BCUT2D eigenvalue weighted by atomic mass is 9.96. The standard InChI is InChI=1S/C14H23N3O2/c1-10(12(18)19-6)9-17(5)11-7-8-15-13(16-11)14(2,3)4/h7-8,10H,9H2,1-6H3/t10-/m0/s1. The maximum atomic E-state index is 11.4. The van der Waals surface area contributed by atoms with Crippen molar-refractivity contribution in [3.05, 3.63) is 18.1 Å². The minimum absolute atomic E-state index is 0.0924. The number of nitrogens with zero attached hydrogens (tertiary/aromatic N) is 3. The third kappa shape index (κ3) is 4.19. The maximum Gasteiger partial charge on any atom is 0.310 e. The van der Waals surface area contributed by atoms with Gasteiger partial charge in [-0.05, 0) is 6.07 Å². The predicted octanol–water partition coefficient (Wildman–Crippen LogP) is 2.02. The van der Waals surface area contributed by atoms with Crippen molar-refractivity contribution in [2.75, 3.05) is 25.6 Å². The highest BCUT2D eigenvalue weighted by Crippen LogP contribution is 2.20. The number of rotatable bonds is 4. The number of carbonyl (C=O) groups excluding carboxylic acids is 1. The van der Waals surface area contributed by atoms with Crippen molar-refractivity contribution in [1.82, 2.24) is 9.97 Å². The molecule has 0 aliphatic carbocycles. The van der Waals surface area contributed by atoms with Crippen LogP contribution in [0, 0.1) is 5.92 Å². The Morgan fingerprint density at radius 2 is 2.11 bits per heavy atom. The van der Waals surface area contributed by atoms with Gasteiger partial charge in [0.1, 0.15) is 11.6 Å². The molecule has 0 aliphatic heterocycles. The molecule has 1 rings (SSSR count). The first kappa shape index (κ1) is 15.4. The molecule has 0 spiro atoms. The van der Waals surface area contributed by atoms with Gasteiger partial charge in [-0.1, -0.05) is 27.7 Å². The first-order valence-corrected chi connectivity index (χ1v) is 6.38. The number of aromatic nitrogens is 2. The van der Waals surface area contributed by atoms with E-state index < -0.39 is 0 Å². The maximum absolute atomic E-state index is 11.4. The van der Waals surface area contributed by atoms with Crippen LogP contribution in [-0.4, -0.2) is 36.6 Å². The Balaban J connectivity index is 2.83. The molecule has 0 amide bonds. The van der Waals surface area contributed by atoms with E-state index in [1.807, 2.05) is 24.9 Å². The zero-order valence-electron chi connectivity index (χ0n) is 12.6. The zero-order chi connectivity index (χ0) is 14.6. The van der Waals surface area contributed by atoms with E-state index in [1.54, 1.807) is 6.20 Å². The lowest BCUT2D eigenvalue weighted by Crippen LogP contribution is -2.30. The van der Waals surface area contributed by atoms with Crippen molar-refractivity contribution in [1.29, 1.82) is 0 Å². The van der Waals surface area contributed by atoms with Crippen molar-refractivity contribution in [3.8, 4) is 0 Å². The van der Waals surface area contributed by atoms with Gasteiger partial charge in [-0.3, -0.25) is 4.79 Å². The van der Waals surface area contributed by atoms with Crippen molar-refractivity contribution in [2.24, 2.45) is 5.92 Å². The minimum atomic E-state index is -0.211. The zero-order valence-corrected chi connectivity index (χ0v) is 12.6. The number of hydrogen-bond acceptors (Lipinski definition) is 5. The van der Waals surface area contributed by atoms with Gasteiger partial charge in [0.05, 0.1) is 13.0 Å². The first-order chi connectivity index (χ1) is 8.75. The van der Waals surface area contributed by atoms with E-state index in [4.69, 9.17) is 4.74 Å². The SMILES string of the molecule is COC(=O)[C@@H](C)CN(C)c1ccnc(C(C)(C)C)n1. The summed E-state index contributed by atoms with van der Waals surface area (Å²) in [5.41, 5.74) is -0.0924. The molecule has 19 heavy (non-hydrogen) atoms. The number of ether oxygens (including phenoxy) is 1. The summed E-state index contributed by atoms with van der Waals surface area (Å²) < 4.78 is 4.73. The molecule has 0 radical (unpaired) electrons. The largest absolute Gasteiger partial charge is 0.469 e. The predicted molar refractivity (Wildman–Crippen MR) is 75.2 cm³/mol. The molecule has 0 bridgehead atoms. The number of anilines is 1. The van der Waals surface area contributed by atoms with E-state index in [-0.39, 0.29) is 17.3 Å². The van der Waals surface area contributed by atoms with Crippen LogP contribution in [0.2, 0.25) is 0 Å². The molecule has 0 N–H and O–H groups in total. The number of methoxy groups -OCH3 is 1. The Morgan fingerprint density at radius 1 is 1.47 bits per heavy atom. The molecule has 0 unspecified atom stereocenters. The molecule has 106 valence electrons. The smallest absolute Gasteiger partial charge is 0.310 e. The van der Waals surface area contributed by atoms with Crippen molar-refractivity contribution < 1.29 is 9.53 Å². The molecule has 0 fully saturated rings. The van der Waals surface area contributed by atoms with E-state index in [0.29, 0.717) is 6.54 Å². The van der Waals surface area contributed by atoms with E-state index in [9.17, 15) is 4.79 Å². The number of hydrogen-bond donors (Lipinski definition) is 0. The van der Waals surface area contributed by atoms with Crippen LogP contribution >= 0.6 is 0 Å². The average molecular weight is 265 g/mol. The van der Waals surface area contributed by atoms with Crippen LogP contribution in [-0.2, 0) is 14.9 Å². The second-order valence-corrected chi connectivity index (χ2v) is 5.79. The molecule has 0 aromatic carbocycles. The highest BCUT2D eigenvalue weighted by molar-refractivity contribution is 5.72. The van der Waals surface area contributed by atoms with Gasteiger partial charge >= 0.3 is 5.97 Å². The summed E-state index contributed by atoms with van der Waals surface area (Å²) in [7, 11) is 3.31. The highest BCUT2D eigenvalue weighted by atomic mass is 16.5. The van der Waals surface area contributed by atoms with Crippen molar-refractivity contribution in [2.45, 2.75) is 33.1 Å². The molecule has 0 aliphatic rings. The van der Waals surface area contributed by atoms with Crippen molar-refractivity contribution in [3.63, 3.8) is 0 Å². The molecular formula is C14H23N3O2. The molecular weight excluding hydrogens is 242 g/mol. The van der Waals surface area contributed by atoms with Gasteiger partial charge in [-0.15, -0.1) is 0 Å². The Kier molecular flexibility index (Phi) is 4.86. The van der Waals surface area contributed by atoms with Crippen LogP contribution < -0.4 is 4.90 Å². The van der Waals surface area contributed by atoms with Crippen LogP contribution in [0.1, 0.15) is 33.5 Å². The third-order valence-corrected chi connectivity index (χ3v) is 2.85. The second-order valence-electron chi connectivity index (χ2n) is 5.79. The molecule has 1 aromatic heterocycles. The van der Waals surface area contributed by atoms with Crippen LogP contribution in [0.15, 0.2) is 12.3 Å². The van der Waals surface area contributed by atoms with Crippen LogP contribution in [0.3, 0.4) is 0 Å². The number of carbonyl (C=O) groups is 1. The Bertz CT molecular complexity index is 441. The topological polar surface area (TPSA) is 55.3 Å². The molecule has 0 saturated carbocycles. The summed E-state index contributed by atoms with van der Waals surface area (Å²) >= 11 is 0. The summed E-state index contributed by atoms with van der Waals surface area (Å²) in [6.45, 7) is 8.62. The first-order valence-electron chi connectivity index (χ1n) is 6.38. The van der Waals surface area contributed by atoms with Crippen molar-refractivity contribution >= 4 is 11.8 Å². The van der Waals surface area contributed by atoms with Gasteiger partial charge in [0.25, 0.3) is 0 Å². The van der Waals surface area contributed by atoms with Gasteiger partial charge in [-0.2, -0.15) is 0 Å². The van der Waals surface area contributed by atoms with Crippen LogP contribution in [0.5, 0.6) is 0 Å². The van der Waals surface area contributed by atoms with E-state index in [1.165, 1.54) is 7.11 Å². The van der Waals surface area contributed by atoms with Crippen LogP contribution in [0.4, 0.5) is 5.82 Å². The van der Waals surface area contributed by atoms with Crippen LogP contribution in [0.25, 0.3) is 0 Å². The summed E-state index contributed by atoms with van der Waals surface area (Å²) in [6, 6.07) is 1.85. The summed E-state index contributed by atoms with van der Waals surface area (Å²) in [5.74, 6) is 1.21.